The van der Waals surface area contributed by atoms with Crippen LogP contribution in [0.4, 0.5) is 0 Å². The molecule has 0 amide bonds. The molecular weight excluding hydrogens is 226 g/mol. The lowest BCUT2D eigenvalue weighted by molar-refractivity contribution is 0.670. The second-order valence-corrected chi connectivity index (χ2v) is 4.42. The Hall–Kier alpha value is -2.36. The molecule has 0 aliphatic carbocycles. The van der Waals surface area contributed by atoms with Crippen molar-refractivity contribution in [2.45, 2.75) is 13.5 Å². The van der Waals surface area contributed by atoms with Crippen molar-refractivity contribution in [2.75, 3.05) is 0 Å². The summed E-state index contributed by atoms with van der Waals surface area (Å²) in [6.07, 6.45) is 3.59. The lowest BCUT2D eigenvalue weighted by Crippen LogP contribution is -2.17. The van der Waals surface area contributed by atoms with E-state index in [1.54, 1.807) is 17.1 Å². The molecule has 0 fully saturated rings. The molecule has 0 bridgehead atoms. The molecule has 4 nitrogen and oxygen atoms in total. The topological polar surface area (TPSA) is 50.7 Å². The predicted molar refractivity (Wildman–Crippen MR) is 70.6 cm³/mol. The number of aromatic amines is 1. The maximum absolute atomic E-state index is 12.1. The number of aryl methyl sites for hydroxylation is 1. The smallest absolute Gasteiger partial charge is 0.274 e. The van der Waals surface area contributed by atoms with Gasteiger partial charge in [-0.1, -0.05) is 18.2 Å². The van der Waals surface area contributed by atoms with Gasteiger partial charge in [0.05, 0.1) is 17.4 Å². The van der Waals surface area contributed by atoms with Gasteiger partial charge in [0, 0.05) is 12.4 Å². The minimum absolute atomic E-state index is 0.00658. The Morgan fingerprint density at radius 2 is 2.11 bits per heavy atom. The molecule has 2 heterocycles. The van der Waals surface area contributed by atoms with Gasteiger partial charge >= 0.3 is 0 Å². The lowest BCUT2D eigenvalue weighted by Gasteiger charge is -2.02. The number of rotatable bonds is 2. The first-order valence-corrected chi connectivity index (χ1v) is 5.82. The molecule has 0 aliphatic rings. The molecule has 0 radical (unpaired) electrons. The summed E-state index contributed by atoms with van der Waals surface area (Å²) in [4.78, 5) is 16.3. The van der Waals surface area contributed by atoms with Crippen LogP contribution in [0, 0.1) is 6.92 Å². The van der Waals surface area contributed by atoms with Crippen LogP contribution in [0.3, 0.4) is 0 Å². The van der Waals surface area contributed by atoms with Crippen LogP contribution in [-0.4, -0.2) is 14.8 Å². The molecule has 3 rings (SSSR count). The third-order valence-corrected chi connectivity index (χ3v) is 2.93. The Labute approximate surface area is 104 Å². The average Bonchev–Trinajstić information content (AvgIpc) is 2.67. The molecule has 0 aliphatic heterocycles. The minimum Gasteiger partial charge on any atom is -0.295 e. The van der Waals surface area contributed by atoms with Crippen LogP contribution in [-0.2, 0) is 6.54 Å². The van der Waals surface area contributed by atoms with E-state index in [1.807, 2.05) is 37.3 Å². The Morgan fingerprint density at radius 1 is 1.28 bits per heavy atom. The Morgan fingerprint density at radius 3 is 2.89 bits per heavy atom. The molecule has 1 aromatic carbocycles. The number of para-hydroxylation sites is 1. The van der Waals surface area contributed by atoms with E-state index in [0.717, 1.165) is 22.0 Å². The number of benzene rings is 1. The van der Waals surface area contributed by atoms with Gasteiger partial charge in [-0.2, -0.15) is 0 Å². The zero-order chi connectivity index (χ0) is 12.5. The first-order chi connectivity index (χ1) is 8.74. The normalized spacial score (nSPS) is 10.9. The van der Waals surface area contributed by atoms with E-state index >= 15 is 0 Å². The lowest BCUT2D eigenvalue weighted by atomic mass is 10.2. The first-order valence-electron chi connectivity index (χ1n) is 5.82. The highest BCUT2D eigenvalue weighted by atomic mass is 16.1. The van der Waals surface area contributed by atoms with Crippen LogP contribution < -0.4 is 5.56 Å². The van der Waals surface area contributed by atoms with Crippen molar-refractivity contribution in [3.63, 3.8) is 0 Å². The number of hydrogen-bond donors (Lipinski definition) is 1. The summed E-state index contributed by atoms with van der Waals surface area (Å²) < 4.78 is 1.61. The number of pyridine rings is 1. The molecule has 4 heteroatoms. The largest absolute Gasteiger partial charge is 0.295 e. The van der Waals surface area contributed by atoms with E-state index in [-0.39, 0.29) is 5.56 Å². The molecule has 18 heavy (non-hydrogen) atoms. The highest BCUT2D eigenvalue weighted by Crippen LogP contribution is 2.08. The van der Waals surface area contributed by atoms with E-state index in [0.29, 0.717) is 6.54 Å². The summed E-state index contributed by atoms with van der Waals surface area (Å²) in [7, 11) is 0. The number of aromatic nitrogens is 3. The monoisotopic (exact) mass is 239 g/mol. The fourth-order valence-corrected chi connectivity index (χ4v) is 2.11. The maximum atomic E-state index is 12.1. The molecule has 1 N–H and O–H groups in total. The van der Waals surface area contributed by atoms with Crippen LogP contribution in [0.1, 0.15) is 11.1 Å². The van der Waals surface area contributed by atoms with Gasteiger partial charge in [0.2, 0.25) is 0 Å². The quantitative estimate of drug-likeness (QED) is 0.744. The van der Waals surface area contributed by atoms with Gasteiger partial charge in [0.1, 0.15) is 0 Å². The van der Waals surface area contributed by atoms with E-state index in [4.69, 9.17) is 0 Å². The van der Waals surface area contributed by atoms with Crippen molar-refractivity contribution >= 4 is 10.9 Å². The Bertz CT molecular complexity index is 755. The summed E-state index contributed by atoms with van der Waals surface area (Å²) in [6.45, 7) is 2.51. The molecule has 0 saturated carbocycles. The summed E-state index contributed by atoms with van der Waals surface area (Å²) in [6, 6.07) is 9.55. The van der Waals surface area contributed by atoms with Crippen molar-refractivity contribution in [3.05, 3.63) is 64.2 Å². The van der Waals surface area contributed by atoms with Crippen LogP contribution >= 0.6 is 0 Å². The Balaban J connectivity index is 2.05. The van der Waals surface area contributed by atoms with Gasteiger partial charge in [0.15, 0.2) is 0 Å². The molecule has 0 unspecified atom stereocenters. The third kappa shape index (κ3) is 1.82. The number of hydrogen-bond acceptors (Lipinski definition) is 2. The second kappa shape index (κ2) is 4.14. The van der Waals surface area contributed by atoms with E-state index < -0.39 is 0 Å². The van der Waals surface area contributed by atoms with Crippen molar-refractivity contribution in [1.82, 2.24) is 14.8 Å². The third-order valence-electron chi connectivity index (χ3n) is 2.93. The fraction of sp³-hybridized carbons (Fsp3) is 0.143. The molecule has 0 atom stereocenters. The van der Waals surface area contributed by atoms with Gasteiger partial charge in [-0.25, -0.2) is 4.68 Å². The fourth-order valence-electron chi connectivity index (χ4n) is 2.11. The number of nitrogens with one attached hydrogen (secondary N) is 1. The van der Waals surface area contributed by atoms with Crippen LogP contribution in [0.25, 0.3) is 10.9 Å². The van der Waals surface area contributed by atoms with Gasteiger partial charge in [-0.3, -0.25) is 14.9 Å². The molecule has 3 aromatic rings. The van der Waals surface area contributed by atoms with Crippen LogP contribution in [0.15, 0.2) is 47.5 Å². The molecule has 2 aromatic heterocycles. The average molecular weight is 239 g/mol. The zero-order valence-corrected chi connectivity index (χ0v) is 10.1. The second-order valence-electron chi connectivity index (χ2n) is 4.42. The highest BCUT2D eigenvalue weighted by Gasteiger charge is 2.06. The SMILES string of the molecule is Cc1cncc(Cn2[nH]c3ccccc3c2=O)c1. The van der Waals surface area contributed by atoms with Crippen molar-refractivity contribution in [2.24, 2.45) is 0 Å². The Kier molecular flexibility index (Phi) is 2.48. The summed E-state index contributed by atoms with van der Waals surface area (Å²) in [5, 5.41) is 3.83. The number of H-pyrrole nitrogens is 1. The summed E-state index contributed by atoms with van der Waals surface area (Å²) >= 11 is 0. The zero-order valence-electron chi connectivity index (χ0n) is 10.1. The van der Waals surface area contributed by atoms with Gasteiger partial charge < -0.3 is 0 Å². The maximum Gasteiger partial charge on any atom is 0.274 e. The number of nitrogens with zero attached hydrogens (tertiary/aromatic N) is 2. The van der Waals surface area contributed by atoms with Gasteiger partial charge in [-0.05, 0) is 30.2 Å². The summed E-state index contributed by atoms with van der Waals surface area (Å²) in [5.74, 6) is 0. The summed E-state index contributed by atoms with van der Waals surface area (Å²) in [5.41, 5.74) is 2.98. The predicted octanol–water partition coefficient (Wildman–Crippen LogP) is 2.08. The molecule has 90 valence electrons. The molecule has 0 spiro atoms. The molecule has 0 saturated heterocycles. The number of fused-ring (bicyclic) bond motifs is 1. The van der Waals surface area contributed by atoms with E-state index in [2.05, 4.69) is 10.1 Å². The van der Waals surface area contributed by atoms with Crippen molar-refractivity contribution in [3.8, 4) is 0 Å². The van der Waals surface area contributed by atoms with Crippen molar-refractivity contribution in [1.29, 1.82) is 0 Å². The van der Waals surface area contributed by atoms with Gasteiger partial charge in [0.25, 0.3) is 5.56 Å². The first kappa shape index (κ1) is 10.8. The van der Waals surface area contributed by atoms with E-state index in [9.17, 15) is 4.79 Å². The highest BCUT2D eigenvalue weighted by molar-refractivity contribution is 5.77. The molecular formula is C14H13N3O. The van der Waals surface area contributed by atoms with Gasteiger partial charge in [-0.15, -0.1) is 0 Å². The van der Waals surface area contributed by atoms with Crippen molar-refractivity contribution < 1.29 is 0 Å². The minimum atomic E-state index is 0.00658. The van der Waals surface area contributed by atoms with E-state index in [1.165, 1.54) is 0 Å². The van der Waals surface area contributed by atoms with Crippen LogP contribution in [0.5, 0.6) is 0 Å². The standard InChI is InChI=1S/C14H13N3O/c1-10-6-11(8-15-7-10)9-17-14(18)12-4-2-3-5-13(12)16-17/h2-8,16H,9H2,1H3. The van der Waals surface area contributed by atoms with Crippen LogP contribution in [0.2, 0.25) is 0 Å².